The van der Waals surface area contributed by atoms with Crippen LogP contribution in [0.5, 0.6) is 0 Å². The normalized spacial score (nSPS) is 10.9. The second-order valence-electron chi connectivity index (χ2n) is 6.39. The Morgan fingerprint density at radius 1 is 0.871 bits per heavy atom. The van der Waals surface area contributed by atoms with Crippen molar-refractivity contribution in [2.24, 2.45) is 10.2 Å². The third kappa shape index (κ3) is 4.90. The molecule has 0 N–H and O–H groups in total. The third-order valence-electron chi connectivity index (χ3n) is 4.29. The lowest BCUT2D eigenvalue weighted by Crippen LogP contribution is -2.36. The van der Waals surface area contributed by atoms with E-state index in [0.29, 0.717) is 16.5 Å². The molecule has 0 unspecified atom stereocenters. The van der Waals surface area contributed by atoms with E-state index in [4.69, 9.17) is 0 Å². The number of nitrogens with zero attached hydrogens (tertiary/aromatic N) is 5. The quantitative estimate of drug-likeness (QED) is 0.329. The molecular formula is C20H15N5O6. The molecule has 0 radical (unpaired) electrons. The van der Waals surface area contributed by atoms with Crippen LogP contribution in [0.3, 0.4) is 0 Å². The molecule has 0 aliphatic carbocycles. The van der Waals surface area contributed by atoms with E-state index in [-0.39, 0.29) is 17.1 Å². The van der Waals surface area contributed by atoms with Crippen molar-refractivity contribution in [3.63, 3.8) is 0 Å². The maximum Gasteiger partial charge on any atom is 0.270 e. The molecule has 0 aromatic heterocycles. The summed E-state index contributed by atoms with van der Waals surface area (Å²) in [5.74, 6) is -1.21. The first kappa shape index (κ1) is 21.2. The average Bonchev–Trinajstić information content (AvgIpc) is 2.73. The fourth-order valence-electron chi connectivity index (χ4n) is 2.86. The minimum atomic E-state index is -0.650. The van der Waals surface area contributed by atoms with Crippen LogP contribution in [0.25, 0.3) is 10.8 Å². The van der Waals surface area contributed by atoms with Crippen LogP contribution in [0, 0.1) is 20.2 Å². The van der Waals surface area contributed by atoms with Crippen molar-refractivity contribution in [3.05, 3.63) is 80.9 Å². The summed E-state index contributed by atoms with van der Waals surface area (Å²) in [4.78, 5) is 46.2. The van der Waals surface area contributed by atoms with Gasteiger partial charge in [0.05, 0.1) is 21.2 Å². The predicted octanol–water partition coefficient (Wildman–Crippen LogP) is 4.32. The third-order valence-corrected chi connectivity index (χ3v) is 4.29. The highest BCUT2D eigenvalue weighted by Crippen LogP contribution is 2.26. The summed E-state index contributed by atoms with van der Waals surface area (Å²) in [7, 11) is 0. The number of anilines is 1. The van der Waals surface area contributed by atoms with Crippen LogP contribution >= 0.6 is 0 Å². The van der Waals surface area contributed by atoms with Gasteiger partial charge < -0.3 is 0 Å². The van der Waals surface area contributed by atoms with Gasteiger partial charge in [0.2, 0.25) is 5.91 Å². The van der Waals surface area contributed by atoms with E-state index in [0.717, 1.165) is 4.90 Å². The van der Waals surface area contributed by atoms with Gasteiger partial charge in [-0.1, -0.05) is 6.07 Å². The van der Waals surface area contributed by atoms with E-state index < -0.39 is 28.2 Å². The van der Waals surface area contributed by atoms with Gasteiger partial charge in [-0.3, -0.25) is 29.8 Å². The number of imide groups is 1. The van der Waals surface area contributed by atoms with Crippen molar-refractivity contribution < 1.29 is 19.4 Å². The molecule has 0 aliphatic heterocycles. The number of azo groups is 1. The number of non-ortho nitro benzene ring substituents is 2. The summed E-state index contributed by atoms with van der Waals surface area (Å²) in [5, 5.41) is 30.5. The minimum Gasteiger partial charge on any atom is -0.274 e. The van der Waals surface area contributed by atoms with Gasteiger partial charge in [-0.2, -0.15) is 10.2 Å². The molecule has 0 saturated carbocycles. The van der Waals surface area contributed by atoms with Crippen LogP contribution in [-0.2, 0) is 9.59 Å². The van der Waals surface area contributed by atoms with Crippen molar-refractivity contribution in [2.75, 3.05) is 11.4 Å². The zero-order chi connectivity index (χ0) is 22.5. The summed E-state index contributed by atoms with van der Waals surface area (Å²) >= 11 is 0. The Kier molecular flexibility index (Phi) is 6.05. The summed E-state index contributed by atoms with van der Waals surface area (Å²) in [6.07, 6.45) is 0. The predicted molar refractivity (Wildman–Crippen MR) is 111 cm³/mol. The lowest BCUT2D eigenvalue weighted by atomic mass is 10.1. The molecule has 3 aromatic rings. The first-order valence-electron chi connectivity index (χ1n) is 8.90. The summed E-state index contributed by atoms with van der Waals surface area (Å²) in [6.45, 7) is 0.770. The molecule has 2 amide bonds. The van der Waals surface area contributed by atoms with Gasteiger partial charge in [0, 0.05) is 31.2 Å². The fourth-order valence-corrected chi connectivity index (χ4v) is 2.86. The summed E-state index contributed by atoms with van der Waals surface area (Å²) < 4.78 is 0. The number of fused-ring (bicyclic) bond motifs is 1. The number of carbonyl (C=O) groups excluding carboxylic acids is 2. The Hall–Kier alpha value is -4.54. The molecule has 11 heteroatoms. The highest BCUT2D eigenvalue weighted by molar-refractivity contribution is 6.15. The molecule has 11 nitrogen and oxygen atoms in total. The highest BCUT2D eigenvalue weighted by Gasteiger charge is 2.20. The molecule has 156 valence electrons. The first-order valence-corrected chi connectivity index (χ1v) is 8.90. The molecule has 0 heterocycles. The molecule has 0 aliphatic rings. The van der Waals surface area contributed by atoms with Gasteiger partial charge in [-0.25, -0.2) is 4.90 Å². The molecule has 31 heavy (non-hydrogen) atoms. The van der Waals surface area contributed by atoms with Crippen molar-refractivity contribution in [3.8, 4) is 0 Å². The Morgan fingerprint density at radius 2 is 1.48 bits per heavy atom. The van der Waals surface area contributed by atoms with Gasteiger partial charge >= 0.3 is 0 Å². The summed E-state index contributed by atoms with van der Waals surface area (Å²) in [5.41, 5.74) is 0.346. The van der Waals surface area contributed by atoms with Crippen LogP contribution in [0.4, 0.5) is 22.7 Å². The van der Waals surface area contributed by atoms with Gasteiger partial charge in [-0.15, -0.1) is 0 Å². The van der Waals surface area contributed by atoms with Crippen LogP contribution in [0.2, 0.25) is 0 Å². The van der Waals surface area contributed by atoms with E-state index in [1.807, 2.05) is 0 Å². The van der Waals surface area contributed by atoms with E-state index >= 15 is 0 Å². The van der Waals surface area contributed by atoms with Crippen LogP contribution < -0.4 is 4.90 Å². The number of carbonyl (C=O) groups is 2. The van der Waals surface area contributed by atoms with Gasteiger partial charge in [0.25, 0.3) is 17.3 Å². The summed E-state index contributed by atoms with van der Waals surface area (Å²) in [6, 6.07) is 14.3. The number of hydrogen-bond donors (Lipinski definition) is 0. The topological polar surface area (TPSA) is 148 Å². The van der Waals surface area contributed by atoms with E-state index in [2.05, 4.69) is 10.2 Å². The Bertz CT molecular complexity index is 1220. The lowest BCUT2D eigenvalue weighted by molar-refractivity contribution is -0.385. The van der Waals surface area contributed by atoms with Crippen LogP contribution in [0.1, 0.15) is 6.92 Å². The van der Waals surface area contributed by atoms with Crippen molar-refractivity contribution in [1.82, 2.24) is 0 Å². The number of nitro groups is 2. The molecular weight excluding hydrogens is 406 g/mol. The van der Waals surface area contributed by atoms with Crippen molar-refractivity contribution in [1.29, 1.82) is 0 Å². The van der Waals surface area contributed by atoms with Crippen molar-refractivity contribution >= 4 is 45.3 Å². The Morgan fingerprint density at radius 3 is 2.10 bits per heavy atom. The average molecular weight is 421 g/mol. The van der Waals surface area contributed by atoms with Gasteiger partial charge in [0.15, 0.2) is 0 Å². The van der Waals surface area contributed by atoms with E-state index in [9.17, 15) is 29.8 Å². The molecule has 3 rings (SSSR count). The van der Waals surface area contributed by atoms with Crippen molar-refractivity contribution in [2.45, 2.75) is 6.92 Å². The molecule has 0 fully saturated rings. The zero-order valence-electron chi connectivity index (χ0n) is 16.2. The molecule has 0 atom stereocenters. The van der Waals surface area contributed by atoms with E-state index in [1.54, 1.807) is 18.2 Å². The van der Waals surface area contributed by atoms with Crippen LogP contribution in [-0.4, -0.2) is 28.2 Å². The number of benzene rings is 3. The number of amides is 2. The molecule has 0 spiro atoms. The SMILES string of the molecule is CC(=O)N(C(=O)CN=Nc1ccc([N+](=O)[O-])cc1)c1ccc2ccc([N+](=O)[O-])cc2c1. The van der Waals surface area contributed by atoms with Gasteiger partial charge in [0.1, 0.15) is 6.54 Å². The first-order chi connectivity index (χ1) is 14.8. The smallest absolute Gasteiger partial charge is 0.270 e. The number of nitro benzene ring substituents is 2. The maximum atomic E-state index is 12.6. The standard InChI is InChI=1S/C20H15N5O6/c1-13(26)23(18-6-2-14-3-7-19(25(30)31)11-15(14)10-18)20(27)12-21-22-16-4-8-17(9-5-16)24(28)29/h2-11H,12H2,1H3. The Balaban J connectivity index is 1.80. The number of rotatable bonds is 6. The fraction of sp³-hybridized carbons (Fsp3) is 0.100. The molecule has 3 aromatic carbocycles. The lowest BCUT2D eigenvalue weighted by Gasteiger charge is -2.18. The second kappa shape index (κ2) is 8.86. The van der Waals surface area contributed by atoms with Crippen LogP contribution in [0.15, 0.2) is 70.9 Å². The highest BCUT2D eigenvalue weighted by atomic mass is 16.6. The minimum absolute atomic E-state index is 0.102. The molecule has 0 saturated heterocycles. The monoisotopic (exact) mass is 421 g/mol. The van der Waals surface area contributed by atoms with E-state index in [1.165, 1.54) is 49.4 Å². The zero-order valence-corrected chi connectivity index (χ0v) is 16.2. The largest absolute Gasteiger partial charge is 0.274 e. The number of hydrogen-bond acceptors (Lipinski definition) is 8. The second-order valence-corrected chi connectivity index (χ2v) is 6.39. The van der Waals surface area contributed by atoms with Gasteiger partial charge in [-0.05, 0) is 41.1 Å². The maximum absolute atomic E-state index is 12.6. The molecule has 0 bridgehead atoms. The Labute approximate surface area is 174 Å².